The number of unbranched alkanes of at least 4 members (excludes halogenated alkanes) is 6. The van der Waals surface area contributed by atoms with E-state index in [1.165, 1.54) is 25.7 Å². The second-order valence-corrected chi connectivity index (χ2v) is 7.29. The van der Waals surface area contributed by atoms with Crippen LogP contribution in [0.3, 0.4) is 0 Å². The van der Waals surface area contributed by atoms with Crippen molar-refractivity contribution in [3.63, 3.8) is 0 Å². The number of carbonyl (C=O) groups excluding carboxylic acids is 3. The minimum absolute atomic E-state index is 0.140. The van der Waals surface area contributed by atoms with Crippen LogP contribution < -0.4 is 0 Å². The van der Waals surface area contributed by atoms with Crippen LogP contribution in [0.4, 0.5) is 4.79 Å². The van der Waals surface area contributed by atoms with Crippen LogP contribution in [0, 0.1) is 5.92 Å². The van der Waals surface area contributed by atoms with Crippen LogP contribution >= 0.6 is 0 Å². The largest absolute Gasteiger partial charge is 0.508 e. The zero-order chi connectivity index (χ0) is 21.2. The first-order valence-electron chi connectivity index (χ1n) is 10.5. The van der Waals surface area contributed by atoms with Crippen LogP contribution in [-0.2, 0) is 28.5 Å². The van der Waals surface area contributed by atoms with Gasteiger partial charge in [-0.15, -0.1) is 0 Å². The maximum Gasteiger partial charge on any atom is 0.508 e. The highest BCUT2D eigenvalue weighted by atomic mass is 16.7. The van der Waals surface area contributed by atoms with Crippen LogP contribution in [0.15, 0.2) is 0 Å². The van der Waals surface area contributed by atoms with Crippen molar-refractivity contribution >= 4 is 18.1 Å². The smallest absolute Gasteiger partial charge is 0.462 e. The third-order valence-electron chi connectivity index (χ3n) is 3.92. The van der Waals surface area contributed by atoms with E-state index in [2.05, 4.69) is 6.92 Å². The van der Waals surface area contributed by atoms with Crippen molar-refractivity contribution < 1.29 is 33.3 Å². The number of ether oxygens (including phenoxy) is 4. The van der Waals surface area contributed by atoms with Gasteiger partial charge >= 0.3 is 18.1 Å². The molecule has 0 saturated carbocycles. The molecule has 0 fully saturated rings. The Morgan fingerprint density at radius 1 is 0.714 bits per heavy atom. The van der Waals surface area contributed by atoms with Gasteiger partial charge in [0.1, 0.15) is 13.2 Å². The summed E-state index contributed by atoms with van der Waals surface area (Å²) in [6, 6.07) is 0. The molecule has 0 aromatic heterocycles. The summed E-state index contributed by atoms with van der Waals surface area (Å²) in [5.41, 5.74) is 0. The van der Waals surface area contributed by atoms with E-state index < -0.39 is 18.2 Å². The number of hydrogen-bond acceptors (Lipinski definition) is 7. The molecule has 1 unspecified atom stereocenters. The lowest BCUT2D eigenvalue weighted by Gasteiger charge is -2.18. The topological polar surface area (TPSA) is 88.1 Å². The van der Waals surface area contributed by atoms with Crippen molar-refractivity contribution in [1.82, 2.24) is 0 Å². The normalized spacial score (nSPS) is 11.8. The molecule has 0 saturated heterocycles. The summed E-state index contributed by atoms with van der Waals surface area (Å²) in [6.07, 6.45) is 6.66. The highest BCUT2D eigenvalue weighted by Crippen LogP contribution is 2.09. The SMILES string of the molecule is CCCCCCCCCC(=O)OCC(COC(=O)OCC(C)C)OC(=O)CC. The highest BCUT2D eigenvalue weighted by Gasteiger charge is 2.19. The van der Waals surface area contributed by atoms with Gasteiger partial charge in [0.15, 0.2) is 6.10 Å². The van der Waals surface area contributed by atoms with Crippen LogP contribution in [-0.4, -0.2) is 44.0 Å². The minimum Gasteiger partial charge on any atom is -0.462 e. The summed E-state index contributed by atoms with van der Waals surface area (Å²) in [5, 5.41) is 0. The molecule has 7 heteroatoms. The molecule has 0 radical (unpaired) electrons. The Labute approximate surface area is 169 Å². The van der Waals surface area contributed by atoms with Gasteiger partial charge in [0.25, 0.3) is 0 Å². The zero-order valence-corrected chi connectivity index (χ0v) is 18.0. The Bertz CT molecular complexity index is 434. The molecule has 0 aromatic carbocycles. The summed E-state index contributed by atoms with van der Waals surface area (Å²) in [6.45, 7) is 7.54. The fourth-order valence-corrected chi connectivity index (χ4v) is 2.31. The van der Waals surface area contributed by atoms with Crippen molar-refractivity contribution in [1.29, 1.82) is 0 Å². The number of hydrogen-bond donors (Lipinski definition) is 0. The average Bonchev–Trinajstić information content (AvgIpc) is 2.67. The van der Waals surface area contributed by atoms with Gasteiger partial charge in [-0.1, -0.05) is 66.2 Å². The van der Waals surface area contributed by atoms with Gasteiger partial charge in [0.2, 0.25) is 0 Å². The zero-order valence-electron chi connectivity index (χ0n) is 18.0. The van der Waals surface area contributed by atoms with Crippen LogP contribution in [0.5, 0.6) is 0 Å². The molecular weight excluding hydrogens is 364 g/mol. The third-order valence-corrected chi connectivity index (χ3v) is 3.92. The molecule has 164 valence electrons. The Morgan fingerprint density at radius 3 is 1.89 bits per heavy atom. The lowest BCUT2D eigenvalue weighted by Crippen LogP contribution is -2.31. The first-order chi connectivity index (χ1) is 13.4. The van der Waals surface area contributed by atoms with Crippen LogP contribution in [0.1, 0.15) is 85.5 Å². The second-order valence-electron chi connectivity index (χ2n) is 7.29. The van der Waals surface area contributed by atoms with Gasteiger partial charge in [-0.3, -0.25) is 9.59 Å². The first-order valence-corrected chi connectivity index (χ1v) is 10.5. The highest BCUT2D eigenvalue weighted by molar-refractivity contribution is 5.70. The molecule has 0 spiro atoms. The molecule has 28 heavy (non-hydrogen) atoms. The van der Waals surface area contributed by atoms with Gasteiger partial charge < -0.3 is 18.9 Å². The van der Waals surface area contributed by atoms with Crippen LogP contribution in [0.25, 0.3) is 0 Å². The maximum absolute atomic E-state index is 11.9. The fourth-order valence-electron chi connectivity index (χ4n) is 2.31. The lowest BCUT2D eigenvalue weighted by atomic mass is 10.1. The average molecular weight is 403 g/mol. The monoisotopic (exact) mass is 402 g/mol. The van der Waals surface area contributed by atoms with E-state index in [0.29, 0.717) is 6.42 Å². The maximum atomic E-state index is 11.9. The molecule has 7 nitrogen and oxygen atoms in total. The number of rotatable bonds is 16. The van der Waals surface area contributed by atoms with E-state index in [1.54, 1.807) is 6.92 Å². The number of esters is 2. The van der Waals surface area contributed by atoms with E-state index >= 15 is 0 Å². The molecule has 0 aliphatic rings. The van der Waals surface area contributed by atoms with Gasteiger partial charge in [-0.05, 0) is 12.3 Å². The molecule has 0 amide bonds. The molecular formula is C21H38O7. The van der Waals surface area contributed by atoms with E-state index in [9.17, 15) is 14.4 Å². The fraction of sp³-hybridized carbons (Fsp3) is 0.857. The quantitative estimate of drug-likeness (QED) is 0.208. The van der Waals surface area contributed by atoms with Gasteiger partial charge in [0, 0.05) is 12.8 Å². The molecule has 0 aliphatic carbocycles. The molecule has 0 bridgehead atoms. The van der Waals surface area contributed by atoms with Gasteiger partial charge in [-0.2, -0.15) is 0 Å². The molecule has 0 rings (SSSR count). The minimum atomic E-state index is -0.836. The van der Waals surface area contributed by atoms with Crippen LogP contribution in [0.2, 0.25) is 0 Å². The van der Waals surface area contributed by atoms with Gasteiger partial charge in [0.05, 0.1) is 6.61 Å². The molecule has 0 heterocycles. The van der Waals surface area contributed by atoms with E-state index in [0.717, 1.165) is 19.3 Å². The van der Waals surface area contributed by atoms with E-state index in [1.807, 2.05) is 13.8 Å². The molecule has 0 aromatic rings. The van der Waals surface area contributed by atoms with E-state index in [4.69, 9.17) is 18.9 Å². The summed E-state index contributed by atoms with van der Waals surface area (Å²) in [5.74, 6) is -0.602. The lowest BCUT2D eigenvalue weighted by molar-refractivity contribution is -0.161. The van der Waals surface area contributed by atoms with Crippen molar-refractivity contribution in [2.45, 2.75) is 91.6 Å². The Morgan fingerprint density at radius 2 is 1.29 bits per heavy atom. The summed E-state index contributed by atoms with van der Waals surface area (Å²) >= 11 is 0. The second kappa shape index (κ2) is 17.3. The summed E-state index contributed by atoms with van der Waals surface area (Å²) in [4.78, 5) is 34.9. The van der Waals surface area contributed by atoms with Gasteiger partial charge in [-0.25, -0.2) is 4.79 Å². The Kier molecular flexibility index (Phi) is 16.2. The number of carbonyl (C=O) groups is 3. The Hall–Kier alpha value is -1.79. The van der Waals surface area contributed by atoms with Crippen molar-refractivity contribution in [3.05, 3.63) is 0 Å². The third kappa shape index (κ3) is 16.4. The van der Waals surface area contributed by atoms with Crippen molar-refractivity contribution in [2.24, 2.45) is 5.92 Å². The standard InChI is InChI=1S/C21H38O7/c1-5-7-8-9-10-11-12-13-20(23)25-15-18(28-19(22)6-2)16-27-21(24)26-14-17(3)4/h17-18H,5-16H2,1-4H3. The van der Waals surface area contributed by atoms with Crippen molar-refractivity contribution in [2.75, 3.05) is 19.8 Å². The summed E-state index contributed by atoms with van der Waals surface area (Å²) < 4.78 is 20.2. The predicted molar refractivity (Wildman–Crippen MR) is 106 cm³/mol. The summed E-state index contributed by atoms with van der Waals surface area (Å²) in [7, 11) is 0. The van der Waals surface area contributed by atoms with Crippen molar-refractivity contribution in [3.8, 4) is 0 Å². The van der Waals surface area contributed by atoms with E-state index in [-0.39, 0.29) is 38.1 Å². The molecule has 1 atom stereocenters. The Balaban J connectivity index is 4.10. The predicted octanol–water partition coefficient (Wildman–Crippen LogP) is 4.80. The molecule has 0 N–H and O–H groups in total. The molecule has 0 aliphatic heterocycles. The first kappa shape index (κ1) is 26.2.